The van der Waals surface area contributed by atoms with Gasteiger partial charge in [0.05, 0.1) is 25.7 Å². The van der Waals surface area contributed by atoms with Crippen LogP contribution in [0.5, 0.6) is 0 Å². The van der Waals surface area contributed by atoms with Crippen molar-refractivity contribution in [1.82, 2.24) is 9.80 Å². The standard InChI is InChI=1S/C16H29N3O5/c1-10(2)9-24-14(22)6-12(20)7-18-8-13(21)19(15(17)23)16(18,5)11(3)4/h10-12,20H,6-9H2,1-5H3,(H2,17,23). The van der Waals surface area contributed by atoms with Gasteiger partial charge in [-0.2, -0.15) is 0 Å². The van der Waals surface area contributed by atoms with Gasteiger partial charge in [0.2, 0.25) is 5.91 Å². The first-order valence-corrected chi connectivity index (χ1v) is 8.21. The van der Waals surface area contributed by atoms with Gasteiger partial charge in [0.25, 0.3) is 0 Å². The molecule has 0 radical (unpaired) electrons. The number of urea groups is 1. The Labute approximate surface area is 142 Å². The van der Waals surface area contributed by atoms with Crippen molar-refractivity contribution in [2.75, 3.05) is 19.7 Å². The van der Waals surface area contributed by atoms with E-state index in [2.05, 4.69) is 0 Å². The average molecular weight is 343 g/mol. The monoisotopic (exact) mass is 343 g/mol. The number of aliphatic hydroxyl groups is 1. The fraction of sp³-hybridized carbons (Fsp3) is 0.812. The molecule has 2 atom stereocenters. The van der Waals surface area contributed by atoms with Crippen LogP contribution in [0.1, 0.15) is 41.0 Å². The Hall–Kier alpha value is -1.67. The summed E-state index contributed by atoms with van der Waals surface area (Å²) in [7, 11) is 0. The lowest BCUT2D eigenvalue weighted by molar-refractivity contribution is -0.147. The minimum absolute atomic E-state index is 0.0320. The summed E-state index contributed by atoms with van der Waals surface area (Å²) in [6.45, 7) is 9.65. The van der Waals surface area contributed by atoms with Crippen LogP contribution in [0, 0.1) is 11.8 Å². The molecule has 3 amide bonds. The van der Waals surface area contributed by atoms with Crippen molar-refractivity contribution in [1.29, 1.82) is 0 Å². The van der Waals surface area contributed by atoms with E-state index in [0.717, 1.165) is 4.90 Å². The summed E-state index contributed by atoms with van der Waals surface area (Å²) in [5.74, 6) is -0.778. The fourth-order valence-electron chi connectivity index (χ4n) is 2.84. The van der Waals surface area contributed by atoms with Gasteiger partial charge < -0.3 is 15.6 Å². The smallest absolute Gasteiger partial charge is 0.323 e. The number of nitrogens with two attached hydrogens (primary N) is 1. The van der Waals surface area contributed by atoms with Gasteiger partial charge in [0.15, 0.2) is 0 Å². The molecule has 0 aliphatic carbocycles. The predicted octanol–water partition coefficient (Wildman–Crippen LogP) is 0.532. The maximum Gasteiger partial charge on any atom is 0.323 e. The molecule has 1 aliphatic rings. The molecule has 2 unspecified atom stereocenters. The van der Waals surface area contributed by atoms with Gasteiger partial charge in [0.1, 0.15) is 5.66 Å². The average Bonchev–Trinajstić information content (AvgIpc) is 2.68. The van der Waals surface area contributed by atoms with Crippen LogP contribution in [0.15, 0.2) is 0 Å². The highest BCUT2D eigenvalue weighted by atomic mass is 16.5. The summed E-state index contributed by atoms with van der Waals surface area (Å²) in [4.78, 5) is 38.2. The molecule has 8 heteroatoms. The Morgan fingerprint density at radius 3 is 2.38 bits per heavy atom. The lowest BCUT2D eigenvalue weighted by Crippen LogP contribution is -2.59. The zero-order valence-electron chi connectivity index (χ0n) is 15.1. The summed E-state index contributed by atoms with van der Waals surface area (Å²) in [6.07, 6.45) is -1.16. The number of hydrogen-bond donors (Lipinski definition) is 2. The molecular weight excluding hydrogens is 314 g/mol. The van der Waals surface area contributed by atoms with Crippen LogP contribution in [0.25, 0.3) is 0 Å². The third-order valence-corrected chi connectivity index (χ3v) is 4.39. The van der Waals surface area contributed by atoms with Crippen LogP contribution in [-0.2, 0) is 14.3 Å². The van der Waals surface area contributed by atoms with Crippen LogP contribution in [-0.4, -0.2) is 64.3 Å². The molecule has 1 fully saturated rings. The predicted molar refractivity (Wildman–Crippen MR) is 87.7 cm³/mol. The van der Waals surface area contributed by atoms with E-state index < -0.39 is 29.7 Å². The fourth-order valence-corrected chi connectivity index (χ4v) is 2.84. The number of rotatable bonds is 7. The highest BCUT2D eigenvalue weighted by molar-refractivity contribution is 5.97. The van der Waals surface area contributed by atoms with Crippen LogP contribution in [0.2, 0.25) is 0 Å². The normalized spacial score (nSPS) is 23.2. The van der Waals surface area contributed by atoms with E-state index >= 15 is 0 Å². The number of carbonyl (C=O) groups is 3. The quantitative estimate of drug-likeness (QED) is 0.652. The molecular formula is C16H29N3O5. The molecule has 0 aromatic carbocycles. The number of primary amides is 1. The van der Waals surface area contributed by atoms with E-state index in [0.29, 0.717) is 6.61 Å². The van der Waals surface area contributed by atoms with Crippen molar-refractivity contribution >= 4 is 17.9 Å². The number of esters is 1. The number of imide groups is 1. The van der Waals surface area contributed by atoms with Crippen LogP contribution in [0.4, 0.5) is 4.79 Å². The van der Waals surface area contributed by atoms with Crippen LogP contribution in [0.3, 0.4) is 0 Å². The third kappa shape index (κ3) is 4.45. The molecule has 0 bridgehead atoms. The van der Waals surface area contributed by atoms with E-state index in [1.54, 1.807) is 11.8 Å². The van der Waals surface area contributed by atoms with Crippen molar-refractivity contribution in [3.8, 4) is 0 Å². The Kier molecular flexibility index (Phi) is 6.74. The second-order valence-electron chi connectivity index (χ2n) is 7.13. The highest BCUT2D eigenvalue weighted by Crippen LogP contribution is 2.34. The van der Waals surface area contributed by atoms with E-state index in [-0.39, 0.29) is 31.3 Å². The first-order valence-electron chi connectivity index (χ1n) is 8.21. The summed E-state index contributed by atoms with van der Waals surface area (Å²) >= 11 is 0. The lowest BCUT2D eigenvalue weighted by Gasteiger charge is -2.42. The molecule has 24 heavy (non-hydrogen) atoms. The van der Waals surface area contributed by atoms with Crippen molar-refractivity contribution in [3.63, 3.8) is 0 Å². The van der Waals surface area contributed by atoms with Gasteiger partial charge in [0, 0.05) is 6.54 Å². The van der Waals surface area contributed by atoms with E-state index in [1.165, 1.54) is 0 Å². The SMILES string of the molecule is CC(C)COC(=O)CC(O)CN1CC(=O)N(C(N)=O)C1(C)C(C)C. The van der Waals surface area contributed by atoms with Crippen LogP contribution >= 0.6 is 0 Å². The number of ether oxygens (including phenoxy) is 1. The second kappa shape index (κ2) is 7.94. The number of carbonyl (C=O) groups excluding carboxylic acids is 3. The number of hydrogen-bond acceptors (Lipinski definition) is 6. The minimum atomic E-state index is -0.997. The summed E-state index contributed by atoms with van der Waals surface area (Å²) < 4.78 is 5.05. The van der Waals surface area contributed by atoms with Gasteiger partial charge in [-0.05, 0) is 18.8 Å². The molecule has 0 saturated carbocycles. The number of β-amino-alcohol motifs (C(OH)–C–C–N with tert-alkyl or cyclic N) is 1. The molecule has 138 valence electrons. The summed E-state index contributed by atoms with van der Waals surface area (Å²) in [5.41, 5.74) is 4.41. The largest absolute Gasteiger partial charge is 0.465 e. The molecule has 0 aromatic heterocycles. The Bertz CT molecular complexity index is 494. The molecule has 1 aliphatic heterocycles. The van der Waals surface area contributed by atoms with E-state index in [9.17, 15) is 19.5 Å². The molecule has 3 N–H and O–H groups in total. The van der Waals surface area contributed by atoms with E-state index in [4.69, 9.17) is 10.5 Å². The number of aliphatic hydroxyl groups excluding tert-OH is 1. The van der Waals surface area contributed by atoms with Crippen molar-refractivity contribution in [2.24, 2.45) is 17.6 Å². The highest BCUT2D eigenvalue weighted by Gasteiger charge is 2.52. The maximum atomic E-state index is 12.1. The Morgan fingerprint density at radius 2 is 1.92 bits per heavy atom. The lowest BCUT2D eigenvalue weighted by atomic mass is 9.95. The van der Waals surface area contributed by atoms with Gasteiger partial charge >= 0.3 is 12.0 Å². The molecule has 8 nitrogen and oxygen atoms in total. The van der Waals surface area contributed by atoms with Gasteiger partial charge in [-0.1, -0.05) is 27.7 Å². The topological polar surface area (TPSA) is 113 Å². The van der Waals surface area contributed by atoms with E-state index in [1.807, 2.05) is 27.7 Å². The second-order valence-corrected chi connectivity index (χ2v) is 7.13. The zero-order chi connectivity index (χ0) is 18.7. The first kappa shape index (κ1) is 20.4. The van der Waals surface area contributed by atoms with Gasteiger partial charge in [-0.15, -0.1) is 0 Å². The Balaban J connectivity index is 2.76. The van der Waals surface area contributed by atoms with Crippen molar-refractivity contribution in [3.05, 3.63) is 0 Å². The summed E-state index contributed by atoms with van der Waals surface area (Å²) in [5, 5.41) is 10.2. The van der Waals surface area contributed by atoms with Crippen LogP contribution < -0.4 is 5.73 Å². The molecule has 1 heterocycles. The zero-order valence-corrected chi connectivity index (χ0v) is 15.1. The number of amides is 3. The van der Waals surface area contributed by atoms with Crippen molar-refractivity contribution < 1.29 is 24.2 Å². The molecule has 1 rings (SSSR count). The molecule has 1 saturated heterocycles. The minimum Gasteiger partial charge on any atom is -0.465 e. The van der Waals surface area contributed by atoms with Crippen molar-refractivity contribution in [2.45, 2.75) is 52.8 Å². The van der Waals surface area contributed by atoms with Gasteiger partial charge in [-0.25, -0.2) is 9.69 Å². The number of nitrogens with zero attached hydrogens (tertiary/aromatic N) is 2. The Morgan fingerprint density at radius 1 is 1.33 bits per heavy atom. The third-order valence-electron chi connectivity index (χ3n) is 4.39. The maximum absolute atomic E-state index is 12.1. The molecule has 0 spiro atoms. The van der Waals surface area contributed by atoms with Gasteiger partial charge in [-0.3, -0.25) is 14.5 Å². The molecule has 0 aromatic rings. The first-order chi connectivity index (χ1) is 11.0. The summed E-state index contributed by atoms with van der Waals surface area (Å²) in [6, 6.07) is -0.815.